The lowest BCUT2D eigenvalue weighted by molar-refractivity contribution is 0.673. The molecule has 3 heterocycles. The van der Waals surface area contributed by atoms with E-state index in [1.807, 2.05) is 11.3 Å². The summed E-state index contributed by atoms with van der Waals surface area (Å²) in [4.78, 5) is 0. The Bertz CT molecular complexity index is 2770. The van der Waals surface area contributed by atoms with Crippen molar-refractivity contribution in [2.75, 3.05) is 0 Å². The number of rotatable bonds is 4. The zero-order chi connectivity index (χ0) is 30.9. The topological polar surface area (TPSA) is 18.1 Å². The Kier molecular flexibility index (Phi) is 5.78. The standard InChI is InChI=1S/C44H27NOS/c1-3-11-29(12-4-1)33-16-9-18-35-36-19-10-17-34(44(36)47-43(33)35)30-23-21-28(22-24-30)31-25-26-38-40(27-31)46-42-37-15-7-8-20-39(37)45(41(38)42)32-13-5-2-6-14-32/h1-27H. The zero-order valence-electron chi connectivity index (χ0n) is 25.4. The molecule has 0 unspecified atom stereocenters. The van der Waals surface area contributed by atoms with E-state index in [9.17, 15) is 0 Å². The molecule has 0 saturated heterocycles. The number of para-hydroxylation sites is 2. The highest BCUT2D eigenvalue weighted by molar-refractivity contribution is 7.26. The van der Waals surface area contributed by atoms with Gasteiger partial charge >= 0.3 is 0 Å². The van der Waals surface area contributed by atoms with Gasteiger partial charge in [-0.15, -0.1) is 11.3 Å². The fourth-order valence-corrected chi connectivity index (χ4v) is 8.60. The van der Waals surface area contributed by atoms with Gasteiger partial charge in [0.25, 0.3) is 0 Å². The van der Waals surface area contributed by atoms with Crippen LogP contribution in [0.1, 0.15) is 0 Å². The van der Waals surface area contributed by atoms with Crippen LogP contribution in [-0.4, -0.2) is 4.57 Å². The van der Waals surface area contributed by atoms with Gasteiger partial charge in [-0.2, -0.15) is 0 Å². The van der Waals surface area contributed by atoms with Gasteiger partial charge in [0.1, 0.15) is 11.1 Å². The molecule has 47 heavy (non-hydrogen) atoms. The third-order valence-electron chi connectivity index (χ3n) is 9.43. The van der Waals surface area contributed by atoms with E-state index in [4.69, 9.17) is 4.42 Å². The Hall–Kier alpha value is -5.90. The SMILES string of the molecule is c1ccc(-c2cccc3c2sc2c(-c4ccc(-c5ccc6c(c5)oc5c7ccccc7n(-c7ccccc7)c65)cc4)cccc23)cc1. The summed E-state index contributed by atoms with van der Waals surface area (Å²) in [7, 11) is 0. The predicted octanol–water partition coefficient (Wildman–Crippen LogP) is 12.9. The first kappa shape index (κ1) is 26.3. The second kappa shape index (κ2) is 10.3. The predicted molar refractivity (Wildman–Crippen MR) is 200 cm³/mol. The summed E-state index contributed by atoms with van der Waals surface area (Å²) in [5, 5.41) is 4.87. The maximum Gasteiger partial charge on any atom is 0.161 e. The minimum atomic E-state index is 0.899. The first-order chi connectivity index (χ1) is 23.3. The highest BCUT2D eigenvalue weighted by atomic mass is 32.1. The number of thiophene rings is 1. The Morgan fingerprint density at radius 3 is 1.72 bits per heavy atom. The van der Waals surface area contributed by atoms with Crippen LogP contribution in [0.3, 0.4) is 0 Å². The van der Waals surface area contributed by atoms with Crippen molar-refractivity contribution in [2.45, 2.75) is 0 Å². The van der Waals surface area contributed by atoms with Crippen LogP contribution in [0.15, 0.2) is 168 Å². The molecular weight excluding hydrogens is 591 g/mol. The first-order valence-electron chi connectivity index (χ1n) is 15.9. The highest BCUT2D eigenvalue weighted by Gasteiger charge is 2.20. The summed E-state index contributed by atoms with van der Waals surface area (Å²) in [6.45, 7) is 0. The van der Waals surface area contributed by atoms with E-state index >= 15 is 0 Å². The lowest BCUT2D eigenvalue weighted by atomic mass is 9.98. The largest absolute Gasteiger partial charge is 0.454 e. The van der Waals surface area contributed by atoms with E-state index in [1.165, 1.54) is 48.0 Å². The van der Waals surface area contributed by atoms with Crippen molar-refractivity contribution in [2.24, 2.45) is 0 Å². The van der Waals surface area contributed by atoms with Gasteiger partial charge < -0.3 is 8.98 Å². The highest BCUT2D eigenvalue weighted by Crippen LogP contribution is 2.44. The van der Waals surface area contributed by atoms with Crippen LogP contribution in [0.4, 0.5) is 0 Å². The third-order valence-corrected chi connectivity index (χ3v) is 10.7. The summed E-state index contributed by atoms with van der Waals surface area (Å²) in [6, 6.07) is 58.7. The molecule has 10 aromatic rings. The Morgan fingerprint density at radius 2 is 1.00 bits per heavy atom. The molecule has 0 radical (unpaired) electrons. The molecule has 0 aliphatic carbocycles. The lowest BCUT2D eigenvalue weighted by Gasteiger charge is -2.08. The zero-order valence-corrected chi connectivity index (χ0v) is 26.2. The maximum absolute atomic E-state index is 6.62. The molecule has 0 amide bonds. The van der Waals surface area contributed by atoms with Gasteiger partial charge in [-0.1, -0.05) is 127 Å². The van der Waals surface area contributed by atoms with Crippen LogP contribution in [0, 0.1) is 0 Å². The molecular formula is C44H27NOS. The number of benzene rings is 7. The van der Waals surface area contributed by atoms with Crippen molar-refractivity contribution in [1.82, 2.24) is 4.57 Å². The number of aromatic nitrogens is 1. The molecule has 0 saturated carbocycles. The van der Waals surface area contributed by atoms with Gasteiger partial charge in [0.2, 0.25) is 0 Å². The summed E-state index contributed by atoms with van der Waals surface area (Å²) >= 11 is 1.90. The molecule has 220 valence electrons. The number of hydrogen-bond donors (Lipinski definition) is 0. The van der Waals surface area contributed by atoms with Gasteiger partial charge in [0.05, 0.1) is 5.52 Å². The van der Waals surface area contributed by atoms with Crippen LogP contribution in [-0.2, 0) is 0 Å². The van der Waals surface area contributed by atoms with Crippen molar-refractivity contribution < 1.29 is 4.42 Å². The summed E-state index contributed by atoms with van der Waals surface area (Å²) < 4.78 is 11.6. The summed E-state index contributed by atoms with van der Waals surface area (Å²) in [5.41, 5.74) is 12.6. The van der Waals surface area contributed by atoms with E-state index in [1.54, 1.807) is 0 Å². The third kappa shape index (κ3) is 4.04. The van der Waals surface area contributed by atoms with E-state index in [-0.39, 0.29) is 0 Å². The maximum atomic E-state index is 6.62. The Labute approximate surface area is 275 Å². The second-order valence-electron chi connectivity index (χ2n) is 12.1. The van der Waals surface area contributed by atoms with Gasteiger partial charge in [0, 0.05) is 36.6 Å². The molecule has 3 heteroatoms. The Morgan fingerprint density at radius 1 is 0.426 bits per heavy atom. The fourth-order valence-electron chi connectivity index (χ4n) is 7.23. The molecule has 7 aromatic carbocycles. The average Bonchev–Trinajstić information content (AvgIpc) is 3.81. The first-order valence-corrected chi connectivity index (χ1v) is 16.7. The smallest absolute Gasteiger partial charge is 0.161 e. The van der Waals surface area contributed by atoms with Crippen LogP contribution in [0.25, 0.3) is 92.2 Å². The van der Waals surface area contributed by atoms with Crippen molar-refractivity contribution >= 4 is 64.5 Å². The van der Waals surface area contributed by atoms with Gasteiger partial charge in [-0.3, -0.25) is 0 Å². The minimum absolute atomic E-state index is 0.899. The van der Waals surface area contributed by atoms with Gasteiger partial charge in [0.15, 0.2) is 5.58 Å². The summed E-state index contributed by atoms with van der Waals surface area (Å²) in [5.74, 6) is 0. The van der Waals surface area contributed by atoms with Crippen LogP contribution < -0.4 is 0 Å². The molecule has 0 atom stereocenters. The molecule has 3 aromatic heterocycles. The number of fused-ring (bicyclic) bond motifs is 8. The van der Waals surface area contributed by atoms with Crippen LogP contribution >= 0.6 is 11.3 Å². The van der Waals surface area contributed by atoms with E-state index in [2.05, 4.69) is 168 Å². The number of hydrogen-bond acceptors (Lipinski definition) is 2. The average molecular weight is 618 g/mol. The quantitative estimate of drug-likeness (QED) is 0.192. The molecule has 0 bridgehead atoms. The van der Waals surface area contributed by atoms with Crippen molar-refractivity contribution in [3.63, 3.8) is 0 Å². The molecule has 0 N–H and O–H groups in total. The van der Waals surface area contributed by atoms with E-state index in [0.717, 1.165) is 44.2 Å². The monoisotopic (exact) mass is 617 g/mol. The van der Waals surface area contributed by atoms with Crippen LogP contribution in [0.5, 0.6) is 0 Å². The van der Waals surface area contributed by atoms with Crippen molar-refractivity contribution in [3.8, 4) is 39.1 Å². The van der Waals surface area contributed by atoms with Gasteiger partial charge in [-0.25, -0.2) is 0 Å². The molecule has 0 fully saturated rings. The van der Waals surface area contributed by atoms with Crippen LogP contribution in [0.2, 0.25) is 0 Å². The molecule has 2 nitrogen and oxygen atoms in total. The number of furan rings is 1. The van der Waals surface area contributed by atoms with Crippen molar-refractivity contribution in [3.05, 3.63) is 164 Å². The normalized spacial score (nSPS) is 11.8. The van der Waals surface area contributed by atoms with E-state index in [0.29, 0.717) is 0 Å². The molecule has 0 spiro atoms. The second-order valence-corrected chi connectivity index (χ2v) is 13.1. The molecule has 0 aliphatic rings. The number of nitrogens with zero attached hydrogens (tertiary/aromatic N) is 1. The molecule has 0 aliphatic heterocycles. The fraction of sp³-hybridized carbons (Fsp3) is 0. The van der Waals surface area contributed by atoms with Gasteiger partial charge in [-0.05, 0) is 69.8 Å². The molecule has 10 rings (SSSR count). The lowest BCUT2D eigenvalue weighted by Crippen LogP contribution is -1.92. The van der Waals surface area contributed by atoms with E-state index < -0.39 is 0 Å². The van der Waals surface area contributed by atoms with Crippen molar-refractivity contribution in [1.29, 1.82) is 0 Å². The minimum Gasteiger partial charge on any atom is -0.454 e. The Balaban J connectivity index is 1.07. The summed E-state index contributed by atoms with van der Waals surface area (Å²) in [6.07, 6.45) is 0.